The highest BCUT2D eigenvalue weighted by molar-refractivity contribution is 6.31. The van der Waals surface area contributed by atoms with Gasteiger partial charge in [0, 0.05) is 24.7 Å². The molecule has 3 N–H and O–H groups in total. The van der Waals surface area contributed by atoms with E-state index >= 15 is 0 Å². The summed E-state index contributed by atoms with van der Waals surface area (Å²) in [6.45, 7) is 0. The number of benzene rings is 2. The third-order valence-electron chi connectivity index (χ3n) is 3.89. The first kappa shape index (κ1) is 15.6. The van der Waals surface area contributed by atoms with E-state index in [2.05, 4.69) is 20.7 Å². The zero-order chi connectivity index (χ0) is 17.7. The first-order chi connectivity index (χ1) is 12.0. The highest BCUT2D eigenvalue weighted by atomic mass is 35.5. The van der Waals surface area contributed by atoms with E-state index in [0.717, 1.165) is 6.07 Å². The maximum Gasteiger partial charge on any atom is 0.227 e. The molecular formula is C16H11ClF3N5. The van der Waals surface area contributed by atoms with E-state index in [1.807, 2.05) is 0 Å². The quantitative estimate of drug-likeness (QED) is 0.501. The van der Waals surface area contributed by atoms with Gasteiger partial charge in [0.2, 0.25) is 5.95 Å². The van der Waals surface area contributed by atoms with Crippen LogP contribution in [0.5, 0.6) is 0 Å². The van der Waals surface area contributed by atoms with E-state index in [-0.39, 0.29) is 22.0 Å². The molecule has 0 saturated carbocycles. The van der Waals surface area contributed by atoms with Gasteiger partial charge in [-0.15, -0.1) is 0 Å². The van der Waals surface area contributed by atoms with Gasteiger partial charge in [0.1, 0.15) is 17.2 Å². The molecule has 0 unspecified atom stereocenters. The molecule has 4 rings (SSSR count). The summed E-state index contributed by atoms with van der Waals surface area (Å²) >= 11 is 5.79. The van der Waals surface area contributed by atoms with E-state index in [1.54, 1.807) is 13.1 Å². The van der Waals surface area contributed by atoms with Crippen molar-refractivity contribution >= 4 is 45.2 Å². The number of H-pyrrole nitrogens is 1. The number of nitrogens with zero attached hydrogens (tertiary/aromatic N) is 2. The summed E-state index contributed by atoms with van der Waals surface area (Å²) in [4.78, 5) is 6.94. The van der Waals surface area contributed by atoms with Gasteiger partial charge in [-0.25, -0.2) is 22.8 Å². The maximum atomic E-state index is 14.2. The van der Waals surface area contributed by atoms with Gasteiger partial charge in [0.05, 0.1) is 21.7 Å². The fourth-order valence-electron chi connectivity index (χ4n) is 2.78. The predicted molar refractivity (Wildman–Crippen MR) is 91.5 cm³/mol. The van der Waals surface area contributed by atoms with Crippen LogP contribution in [0.15, 0.2) is 30.5 Å². The van der Waals surface area contributed by atoms with Crippen molar-refractivity contribution in [1.29, 1.82) is 0 Å². The van der Waals surface area contributed by atoms with Crippen LogP contribution in [-0.2, 0) is 0 Å². The number of hydrogen-bond acceptors (Lipinski definition) is 3. The average Bonchev–Trinajstić information content (AvgIpc) is 3.13. The zero-order valence-corrected chi connectivity index (χ0v) is 13.5. The average molecular weight is 366 g/mol. The molecule has 0 aliphatic carbocycles. The number of rotatable bonds is 3. The summed E-state index contributed by atoms with van der Waals surface area (Å²) in [6.07, 6.45) is 1.48. The number of fused-ring (bicyclic) bond motifs is 2. The van der Waals surface area contributed by atoms with Crippen molar-refractivity contribution in [3.8, 4) is 0 Å². The highest BCUT2D eigenvalue weighted by Gasteiger charge is 2.17. The summed E-state index contributed by atoms with van der Waals surface area (Å²) in [5, 5.41) is 3.22. The van der Waals surface area contributed by atoms with E-state index in [9.17, 15) is 13.2 Å². The lowest BCUT2D eigenvalue weighted by molar-refractivity contribution is 0.591. The molecule has 0 aliphatic rings. The molecule has 0 bridgehead atoms. The Labute approximate surface area is 144 Å². The van der Waals surface area contributed by atoms with Gasteiger partial charge in [-0.3, -0.25) is 0 Å². The largest absolute Gasteiger partial charge is 0.357 e. The Morgan fingerprint density at radius 2 is 2.00 bits per heavy atom. The van der Waals surface area contributed by atoms with E-state index in [0.29, 0.717) is 16.6 Å². The molecule has 0 saturated heterocycles. The van der Waals surface area contributed by atoms with Crippen LogP contribution >= 0.6 is 11.6 Å². The minimum absolute atomic E-state index is 0.0453. The molecule has 4 aromatic rings. The standard InChI is InChI=1S/C16H11ClF3N5/c1-21-25-12-3-2-9(17)13(20)15(12)24-16(25)23-11-6-22-14-8(11)4-7(18)5-10(14)19/h2-6,21-22H,1H3,(H,23,24). The molecule has 0 radical (unpaired) electrons. The first-order valence-corrected chi connectivity index (χ1v) is 7.64. The molecule has 0 fully saturated rings. The molecule has 25 heavy (non-hydrogen) atoms. The molecular weight excluding hydrogens is 355 g/mol. The Morgan fingerprint density at radius 3 is 2.76 bits per heavy atom. The molecule has 2 aromatic heterocycles. The number of imidazole rings is 1. The number of hydrogen-bond donors (Lipinski definition) is 3. The van der Waals surface area contributed by atoms with Gasteiger partial charge >= 0.3 is 0 Å². The van der Waals surface area contributed by atoms with Crippen LogP contribution in [0.1, 0.15) is 0 Å². The Hall–Kier alpha value is -2.87. The monoisotopic (exact) mass is 365 g/mol. The van der Waals surface area contributed by atoms with Crippen LogP contribution in [0.3, 0.4) is 0 Å². The van der Waals surface area contributed by atoms with Crippen LogP contribution in [0, 0.1) is 17.5 Å². The van der Waals surface area contributed by atoms with Gasteiger partial charge in [-0.2, -0.15) is 0 Å². The molecule has 0 spiro atoms. The molecule has 2 heterocycles. The Balaban J connectivity index is 1.88. The second-order valence-electron chi connectivity index (χ2n) is 5.36. The van der Waals surface area contributed by atoms with E-state index in [4.69, 9.17) is 11.6 Å². The Kier molecular flexibility index (Phi) is 3.50. The molecule has 128 valence electrons. The second-order valence-corrected chi connectivity index (χ2v) is 5.77. The van der Waals surface area contributed by atoms with Crippen LogP contribution in [0.4, 0.5) is 24.8 Å². The van der Waals surface area contributed by atoms with Crippen LogP contribution in [0.2, 0.25) is 5.02 Å². The van der Waals surface area contributed by atoms with Crippen molar-refractivity contribution in [2.45, 2.75) is 0 Å². The van der Waals surface area contributed by atoms with Crippen molar-refractivity contribution in [1.82, 2.24) is 14.6 Å². The summed E-state index contributed by atoms with van der Waals surface area (Å²) in [5.41, 5.74) is 3.96. The maximum absolute atomic E-state index is 14.2. The predicted octanol–water partition coefficient (Wildman–Crippen LogP) is 4.51. The fourth-order valence-corrected chi connectivity index (χ4v) is 2.93. The minimum Gasteiger partial charge on any atom is -0.357 e. The second kappa shape index (κ2) is 5.59. The van der Waals surface area contributed by atoms with Gasteiger partial charge in [-0.1, -0.05) is 11.6 Å². The molecule has 9 heteroatoms. The highest BCUT2D eigenvalue weighted by Crippen LogP contribution is 2.31. The minimum atomic E-state index is -0.706. The van der Waals surface area contributed by atoms with Gasteiger partial charge in [0.25, 0.3) is 0 Å². The fraction of sp³-hybridized carbons (Fsp3) is 0.0625. The lowest BCUT2D eigenvalue weighted by atomic mass is 10.2. The van der Waals surface area contributed by atoms with Crippen LogP contribution < -0.4 is 10.7 Å². The Morgan fingerprint density at radius 1 is 1.20 bits per heavy atom. The van der Waals surface area contributed by atoms with Crippen molar-refractivity contribution < 1.29 is 13.2 Å². The lowest BCUT2D eigenvalue weighted by Crippen LogP contribution is -2.11. The number of nitrogens with one attached hydrogen (secondary N) is 3. The molecule has 2 aromatic carbocycles. The van der Waals surface area contributed by atoms with E-state index in [1.165, 1.54) is 23.0 Å². The lowest BCUT2D eigenvalue weighted by Gasteiger charge is -2.09. The number of halogens is 4. The summed E-state index contributed by atoms with van der Waals surface area (Å²) in [6, 6.07) is 5.03. The van der Waals surface area contributed by atoms with Gasteiger partial charge in [0.15, 0.2) is 5.82 Å². The van der Waals surface area contributed by atoms with Crippen molar-refractivity contribution in [3.63, 3.8) is 0 Å². The molecule has 0 amide bonds. The topological polar surface area (TPSA) is 57.7 Å². The molecule has 0 atom stereocenters. The molecule has 0 aliphatic heterocycles. The molecule has 5 nitrogen and oxygen atoms in total. The number of aromatic amines is 1. The van der Waals surface area contributed by atoms with Crippen molar-refractivity contribution in [3.05, 3.63) is 52.9 Å². The summed E-state index contributed by atoms with van der Waals surface area (Å²) < 4.78 is 43.0. The normalized spacial score (nSPS) is 11.4. The number of aromatic nitrogens is 3. The third-order valence-corrected chi connectivity index (χ3v) is 4.19. The van der Waals surface area contributed by atoms with E-state index < -0.39 is 17.5 Å². The third kappa shape index (κ3) is 2.37. The van der Waals surface area contributed by atoms with Crippen molar-refractivity contribution in [2.24, 2.45) is 0 Å². The summed E-state index contributed by atoms with van der Waals surface area (Å²) in [5.74, 6) is -1.81. The number of anilines is 2. The van der Waals surface area contributed by atoms with Gasteiger partial charge in [-0.05, 0) is 18.2 Å². The summed E-state index contributed by atoms with van der Waals surface area (Å²) in [7, 11) is 1.63. The van der Waals surface area contributed by atoms with Gasteiger partial charge < -0.3 is 15.7 Å². The van der Waals surface area contributed by atoms with Crippen LogP contribution in [0.25, 0.3) is 21.9 Å². The van der Waals surface area contributed by atoms with Crippen LogP contribution in [-0.4, -0.2) is 21.7 Å². The Bertz CT molecular complexity index is 1120. The smallest absolute Gasteiger partial charge is 0.227 e. The zero-order valence-electron chi connectivity index (χ0n) is 12.8. The van der Waals surface area contributed by atoms with Crippen molar-refractivity contribution in [2.75, 3.05) is 17.8 Å². The first-order valence-electron chi connectivity index (χ1n) is 7.27. The SMILES string of the molecule is CNn1c(Nc2c[nH]c3c(F)cc(F)cc23)nc2c(F)c(Cl)ccc21.